The van der Waals surface area contributed by atoms with E-state index in [0.717, 1.165) is 0 Å². The number of ketones is 1. The first kappa shape index (κ1) is 13.2. The number of aryl methyl sites for hydroxylation is 1. The second-order valence-electron chi connectivity index (χ2n) is 4.88. The van der Waals surface area contributed by atoms with Crippen LogP contribution in [-0.2, 0) is 4.79 Å². The van der Waals surface area contributed by atoms with E-state index in [0.29, 0.717) is 28.0 Å². The van der Waals surface area contributed by atoms with Crippen molar-refractivity contribution in [3.63, 3.8) is 0 Å². The molecule has 1 N–H and O–H groups in total. The number of nitrogens with one attached hydrogen (secondary N) is 1. The molecule has 0 unspecified atom stereocenters. The van der Waals surface area contributed by atoms with Crippen LogP contribution in [0.3, 0.4) is 0 Å². The molecule has 0 fully saturated rings. The molecule has 21 heavy (non-hydrogen) atoms. The number of amides is 1. The van der Waals surface area contributed by atoms with Crippen molar-refractivity contribution in [3.05, 3.63) is 71.0 Å². The first-order valence-corrected chi connectivity index (χ1v) is 6.49. The van der Waals surface area contributed by atoms with Crippen LogP contribution < -0.4 is 5.32 Å². The molecule has 1 aliphatic rings. The number of hydrogen-bond acceptors (Lipinski definition) is 2. The molecule has 0 bridgehead atoms. The lowest BCUT2D eigenvalue weighted by Gasteiger charge is -2.02. The summed E-state index contributed by atoms with van der Waals surface area (Å²) in [6.45, 7) is 1.66. The highest BCUT2D eigenvalue weighted by Gasteiger charge is 2.24. The highest BCUT2D eigenvalue weighted by Crippen LogP contribution is 2.31. The van der Waals surface area contributed by atoms with Crippen LogP contribution in [0.25, 0.3) is 5.57 Å². The van der Waals surface area contributed by atoms with E-state index in [1.54, 1.807) is 25.1 Å². The molecule has 3 nitrogen and oxygen atoms in total. The van der Waals surface area contributed by atoms with Gasteiger partial charge in [-0.2, -0.15) is 0 Å². The summed E-state index contributed by atoms with van der Waals surface area (Å²) in [6, 6.07) is 11.2. The molecule has 0 saturated carbocycles. The Labute approximate surface area is 121 Å². The average molecular weight is 281 g/mol. The predicted octanol–water partition coefficient (Wildman–Crippen LogP) is 3.35. The number of fused-ring (bicyclic) bond motifs is 1. The molecule has 4 heteroatoms. The number of benzene rings is 2. The zero-order valence-electron chi connectivity index (χ0n) is 11.3. The molecule has 0 radical (unpaired) electrons. The predicted molar refractivity (Wildman–Crippen MR) is 78.5 cm³/mol. The number of allylic oxidation sites excluding steroid dienone is 1. The third-order valence-corrected chi connectivity index (χ3v) is 3.44. The van der Waals surface area contributed by atoms with Gasteiger partial charge in [0, 0.05) is 16.8 Å². The van der Waals surface area contributed by atoms with Crippen LogP contribution in [0.2, 0.25) is 0 Å². The highest BCUT2D eigenvalue weighted by atomic mass is 19.1. The largest absolute Gasteiger partial charge is 0.321 e. The van der Waals surface area contributed by atoms with Crippen molar-refractivity contribution in [2.24, 2.45) is 0 Å². The Bertz CT molecular complexity index is 793. The summed E-state index contributed by atoms with van der Waals surface area (Å²) in [5.41, 5.74) is 2.66. The van der Waals surface area contributed by atoms with Gasteiger partial charge in [-0.1, -0.05) is 18.2 Å². The Hall–Kier alpha value is -2.75. The standard InChI is InChI=1S/C17H12FNO2/c1-10-8-11(18)6-7-12(10)16(20)9-14-13-4-2-3-5-15(13)19-17(14)21/h2-9H,1H3,(H,19,21). The number of carbonyl (C=O) groups is 2. The molecule has 0 aromatic heterocycles. The molecular weight excluding hydrogens is 269 g/mol. The monoisotopic (exact) mass is 281 g/mol. The smallest absolute Gasteiger partial charge is 0.256 e. The van der Waals surface area contributed by atoms with Gasteiger partial charge >= 0.3 is 0 Å². The molecule has 1 aliphatic heterocycles. The molecule has 1 amide bonds. The van der Waals surface area contributed by atoms with E-state index in [-0.39, 0.29) is 17.5 Å². The molecule has 2 aromatic carbocycles. The minimum absolute atomic E-state index is 0.302. The van der Waals surface area contributed by atoms with Gasteiger partial charge < -0.3 is 5.32 Å². The molecule has 2 aromatic rings. The highest BCUT2D eigenvalue weighted by molar-refractivity contribution is 6.35. The first-order valence-electron chi connectivity index (χ1n) is 6.49. The maximum absolute atomic E-state index is 13.1. The lowest BCUT2D eigenvalue weighted by Crippen LogP contribution is -2.06. The van der Waals surface area contributed by atoms with E-state index in [2.05, 4.69) is 5.32 Å². The van der Waals surface area contributed by atoms with Crippen molar-refractivity contribution < 1.29 is 14.0 Å². The summed E-state index contributed by atoms with van der Waals surface area (Å²) >= 11 is 0. The topological polar surface area (TPSA) is 46.2 Å². The van der Waals surface area contributed by atoms with Crippen LogP contribution in [0.15, 0.2) is 48.5 Å². The van der Waals surface area contributed by atoms with E-state index >= 15 is 0 Å². The van der Waals surface area contributed by atoms with Crippen LogP contribution in [0.4, 0.5) is 10.1 Å². The van der Waals surface area contributed by atoms with Gasteiger partial charge in [-0.15, -0.1) is 0 Å². The van der Waals surface area contributed by atoms with Crippen LogP contribution in [0.5, 0.6) is 0 Å². The maximum atomic E-state index is 13.1. The Morgan fingerprint density at radius 3 is 2.71 bits per heavy atom. The number of para-hydroxylation sites is 1. The van der Waals surface area contributed by atoms with Crippen LogP contribution >= 0.6 is 0 Å². The van der Waals surface area contributed by atoms with Crippen molar-refractivity contribution in [2.75, 3.05) is 5.32 Å². The third kappa shape index (κ3) is 2.36. The van der Waals surface area contributed by atoms with Crippen LogP contribution in [0, 0.1) is 12.7 Å². The summed E-state index contributed by atoms with van der Waals surface area (Å²) < 4.78 is 13.1. The van der Waals surface area contributed by atoms with E-state index in [1.165, 1.54) is 24.3 Å². The number of carbonyl (C=O) groups excluding carboxylic acids is 2. The van der Waals surface area contributed by atoms with E-state index in [1.807, 2.05) is 6.07 Å². The fourth-order valence-electron chi connectivity index (χ4n) is 2.39. The van der Waals surface area contributed by atoms with Crippen molar-refractivity contribution >= 4 is 23.0 Å². The maximum Gasteiger partial charge on any atom is 0.256 e. The molecule has 0 spiro atoms. The van der Waals surface area contributed by atoms with Gasteiger partial charge in [0.1, 0.15) is 5.82 Å². The Morgan fingerprint density at radius 1 is 1.19 bits per heavy atom. The Kier molecular flexibility index (Phi) is 3.14. The number of hydrogen-bond donors (Lipinski definition) is 1. The van der Waals surface area contributed by atoms with Crippen molar-refractivity contribution in [1.82, 2.24) is 0 Å². The minimum atomic E-state index is -0.388. The summed E-state index contributed by atoms with van der Waals surface area (Å²) in [5.74, 6) is -1.00. The Morgan fingerprint density at radius 2 is 1.95 bits per heavy atom. The molecule has 1 heterocycles. The van der Waals surface area contributed by atoms with Gasteiger partial charge in [0.15, 0.2) is 5.78 Å². The van der Waals surface area contributed by atoms with E-state index in [9.17, 15) is 14.0 Å². The minimum Gasteiger partial charge on any atom is -0.321 e. The second kappa shape index (κ2) is 4.98. The van der Waals surface area contributed by atoms with Crippen molar-refractivity contribution in [1.29, 1.82) is 0 Å². The second-order valence-corrected chi connectivity index (χ2v) is 4.88. The van der Waals surface area contributed by atoms with Gasteiger partial charge in [-0.05, 0) is 42.8 Å². The third-order valence-electron chi connectivity index (χ3n) is 3.44. The lowest BCUT2D eigenvalue weighted by molar-refractivity contribution is -0.110. The van der Waals surface area contributed by atoms with Gasteiger partial charge in [-0.25, -0.2) is 4.39 Å². The fourth-order valence-corrected chi connectivity index (χ4v) is 2.39. The van der Waals surface area contributed by atoms with Crippen molar-refractivity contribution in [2.45, 2.75) is 6.92 Å². The van der Waals surface area contributed by atoms with Gasteiger partial charge in [-0.3, -0.25) is 9.59 Å². The lowest BCUT2D eigenvalue weighted by atomic mass is 10.00. The normalized spacial score (nSPS) is 15.0. The first-order chi connectivity index (χ1) is 10.1. The molecule has 0 atom stereocenters. The van der Waals surface area contributed by atoms with Crippen LogP contribution in [-0.4, -0.2) is 11.7 Å². The number of halogens is 1. The van der Waals surface area contributed by atoms with Gasteiger partial charge in [0.05, 0.1) is 5.57 Å². The number of rotatable bonds is 2. The molecular formula is C17H12FNO2. The quantitative estimate of drug-likeness (QED) is 0.677. The van der Waals surface area contributed by atoms with E-state index in [4.69, 9.17) is 0 Å². The summed E-state index contributed by atoms with van der Waals surface area (Å²) in [7, 11) is 0. The zero-order valence-corrected chi connectivity index (χ0v) is 11.3. The van der Waals surface area contributed by atoms with Gasteiger partial charge in [0.25, 0.3) is 5.91 Å². The molecule has 0 aliphatic carbocycles. The summed E-state index contributed by atoms with van der Waals surface area (Å²) in [5, 5.41) is 2.71. The molecule has 3 rings (SSSR count). The summed E-state index contributed by atoms with van der Waals surface area (Å²) in [4.78, 5) is 24.3. The van der Waals surface area contributed by atoms with Crippen LogP contribution in [0.1, 0.15) is 21.5 Å². The van der Waals surface area contributed by atoms with Gasteiger partial charge in [0.2, 0.25) is 0 Å². The SMILES string of the molecule is Cc1cc(F)ccc1C(=O)C=C1C(=O)Nc2ccccc21. The average Bonchev–Trinajstić information content (AvgIpc) is 2.75. The zero-order chi connectivity index (χ0) is 15.0. The Balaban J connectivity index is 2.02. The summed E-state index contributed by atoms with van der Waals surface area (Å²) in [6.07, 6.45) is 1.31. The molecule has 0 saturated heterocycles. The number of anilines is 1. The van der Waals surface area contributed by atoms with E-state index < -0.39 is 0 Å². The molecule has 104 valence electrons. The van der Waals surface area contributed by atoms with Crippen molar-refractivity contribution in [3.8, 4) is 0 Å². The fraction of sp³-hybridized carbons (Fsp3) is 0.0588.